The minimum absolute atomic E-state index is 0.519. The zero-order chi connectivity index (χ0) is 10.7. The van der Waals surface area contributed by atoms with E-state index in [9.17, 15) is 0 Å². The molecular formula is C11H18N2S2. The van der Waals surface area contributed by atoms with Gasteiger partial charge in [-0.15, -0.1) is 11.3 Å². The van der Waals surface area contributed by atoms with Crippen LogP contribution in [0.25, 0.3) is 0 Å². The normalized spacial score (nSPS) is 20.3. The van der Waals surface area contributed by atoms with Gasteiger partial charge in [0.15, 0.2) is 0 Å². The van der Waals surface area contributed by atoms with Crippen LogP contribution in [0.2, 0.25) is 0 Å². The Labute approximate surface area is 99.9 Å². The summed E-state index contributed by atoms with van der Waals surface area (Å²) in [7, 11) is 0. The average Bonchev–Trinajstić information content (AvgIpc) is 2.62. The fourth-order valence-electron chi connectivity index (χ4n) is 2.10. The van der Waals surface area contributed by atoms with Crippen LogP contribution in [0.3, 0.4) is 0 Å². The van der Waals surface area contributed by atoms with Crippen LogP contribution in [0.15, 0.2) is 0 Å². The third-order valence-electron chi connectivity index (χ3n) is 2.72. The summed E-state index contributed by atoms with van der Waals surface area (Å²) in [4.78, 5) is 6.30. The van der Waals surface area contributed by atoms with E-state index in [1.807, 2.05) is 23.1 Å². The highest BCUT2D eigenvalue weighted by Gasteiger charge is 2.23. The van der Waals surface area contributed by atoms with Gasteiger partial charge in [-0.25, -0.2) is 4.98 Å². The van der Waals surface area contributed by atoms with E-state index < -0.39 is 0 Å². The quantitative estimate of drug-likeness (QED) is 0.878. The van der Waals surface area contributed by atoms with Crippen LogP contribution >= 0.6 is 23.1 Å². The molecule has 0 spiro atoms. The molecule has 1 aliphatic rings. The van der Waals surface area contributed by atoms with Gasteiger partial charge in [-0.1, -0.05) is 6.92 Å². The molecule has 0 amide bonds. The Balaban J connectivity index is 2.18. The first-order valence-corrected chi connectivity index (χ1v) is 7.77. The molecule has 2 nitrogen and oxygen atoms in total. The molecule has 0 aromatic carbocycles. The Kier molecular flexibility index (Phi) is 4.05. The Morgan fingerprint density at radius 3 is 3.20 bits per heavy atom. The van der Waals surface area contributed by atoms with Crippen LogP contribution in [0.1, 0.15) is 41.4 Å². The molecule has 1 aliphatic carbocycles. The summed E-state index contributed by atoms with van der Waals surface area (Å²) in [6.45, 7) is 3.21. The van der Waals surface area contributed by atoms with Crippen LogP contribution in [0.4, 0.5) is 0 Å². The van der Waals surface area contributed by atoms with Crippen molar-refractivity contribution < 1.29 is 0 Å². The maximum Gasteiger partial charge on any atom is 0.103 e. The molecule has 1 aromatic rings. The highest BCUT2D eigenvalue weighted by atomic mass is 32.2. The second-order valence-electron chi connectivity index (χ2n) is 3.85. The van der Waals surface area contributed by atoms with Crippen molar-refractivity contribution in [2.75, 3.05) is 12.8 Å². The van der Waals surface area contributed by atoms with Crippen LogP contribution in [-0.2, 0) is 12.2 Å². The minimum Gasteiger partial charge on any atom is -0.309 e. The number of thioether (sulfide) groups is 1. The number of nitrogens with zero attached hydrogens (tertiary/aromatic N) is 1. The molecule has 0 radical (unpaired) electrons. The molecule has 0 saturated heterocycles. The summed E-state index contributed by atoms with van der Waals surface area (Å²) in [6.07, 6.45) is 5.94. The summed E-state index contributed by atoms with van der Waals surface area (Å²) in [5.41, 5.74) is 1.34. The number of rotatable bonds is 4. The fraction of sp³-hybridized carbons (Fsp3) is 0.727. The molecule has 1 N–H and O–H groups in total. The number of aromatic nitrogens is 1. The number of hydrogen-bond donors (Lipinski definition) is 1. The Morgan fingerprint density at radius 2 is 2.47 bits per heavy atom. The van der Waals surface area contributed by atoms with Gasteiger partial charge < -0.3 is 5.32 Å². The van der Waals surface area contributed by atoms with Gasteiger partial charge in [-0.05, 0) is 32.1 Å². The third-order valence-corrected chi connectivity index (χ3v) is 4.59. The standard InChI is InChI=1S/C11H18N2S2/c1-3-12-8-5-4-6-9-11(8)13-10(15-9)7-14-2/h8,12H,3-7H2,1-2H3. The lowest BCUT2D eigenvalue weighted by atomic mass is 9.98. The molecule has 0 saturated carbocycles. The lowest BCUT2D eigenvalue weighted by Gasteiger charge is -2.21. The lowest BCUT2D eigenvalue weighted by molar-refractivity contribution is 0.465. The van der Waals surface area contributed by atoms with Gasteiger partial charge in [-0.2, -0.15) is 11.8 Å². The lowest BCUT2D eigenvalue weighted by Crippen LogP contribution is -2.24. The van der Waals surface area contributed by atoms with Crippen molar-refractivity contribution in [2.24, 2.45) is 0 Å². The zero-order valence-electron chi connectivity index (χ0n) is 9.38. The van der Waals surface area contributed by atoms with Crippen LogP contribution in [0, 0.1) is 0 Å². The monoisotopic (exact) mass is 242 g/mol. The van der Waals surface area contributed by atoms with Crippen molar-refractivity contribution >= 4 is 23.1 Å². The second kappa shape index (κ2) is 5.32. The Bertz CT molecular complexity index is 322. The van der Waals surface area contributed by atoms with Gasteiger partial charge in [-0.3, -0.25) is 0 Å². The van der Waals surface area contributed by atoms with Crippen LogP contribution < -0.4 is 5.32 Å². The van der Waals surface area contributed by atoms with Crippen molar-refractivity contribution in [3.63, 3.8) is 0 Å². The average molecular weight is 242 g/mol. The van der Waals surface area contributed by atoms with Crippen LogP contribution in [0.5, 0.6) is 0 Å². The van der Waals surface area contributed by atoms with Crippen molar-refractivity contribution in [3.8, 4) is 0 Å². The van der Waals surface area contributed by atoms with Gasteiger partial charge in [0, 0.05) is 10.6 Å². The predicted octanol–water partition coefficient (Wildman–Crippen LogP) is 2.99. The maximum atomic E-state index is 4.78. The molecule has 1 heterocycles. The molecule has 2 rings (SSSR count). The van der Waals surface area contributed by atoms with Crippen molar-refractivity contribution in [1.82, 2.24) is 10.3 Å². The molecular weight excluding hydrogens is 224 g/mol. The van der Waals surface area contributed by atoms with E-state index >= 15 is 0 Å². The van der Waals surface area contributed by atoms with Crippen molar-refractivity contribution in [1.29, 1.82) is 0 Å². The van der Waals surface area contributed by atoms with E-state index in [2.05, 4.69) is 18.5 Å². The maximum absolute atomic E-state index is 4.78. The van der Waals surface area contributed by atoms with E-state index in [1.54, 1.807) is 0 Å². The number of aryl methyl sites for hydroxylation is 1. The highest BCUT2D eigenvalue weighted by Crippen LogP contribution is 2.34. The largest absolute Gasteiger partial charge is 0.309 e. The first-order chi connectivity index (χ1) is 7.35. The topological polar surface area (TPSA) is 24.9 Å². The van der Waals surface area contributed by atoms with Gasteiger partial charge in [0.2, 0.25) is 0 Å². The van der Waals surface area contributed by atoms with Crippen molar-refractivity contribution in [3.05, 3.63) is 15.6 Å². The third kappa shape index (κ3) is 2.55. The predicted molar refractivity (Wildman–Crippen MR) is 68.7 cm³/mol. The molecule has 0 fully saturated rings. The van der Waals surface area contributed by atoms with E-state index in [1.165, 1.54) is 34.8 Å². The molecule has 1 unspecified atom stereocenters. The SMILES string of the molecule is CCNC1CCCc2sc(CSC)nc21. The Hall–Kier alpha value is -0.0600. The van der Waals surface area contributed by atoms with Gasteiger partial charge in [0.25, 0.3) is 0 Å². The number of nitrogens with one attached hydrogen (secondary N) is 1. The van der Waals surface area contributed by atoms with Crippen LogP contribution in [-0.4, -0.2) is 17.8 Å². The smallest absolute Gasteiger partial charge is 0.103 e. The van der Waals surface area contributed by atoms with Gasteiger partial charge in [0.05, 0.1) is 11.7 Å². The molecule has 1 aromatic heterocycles. The van der Waals surface area contributed by atoms with Crippen molar-refractivity contribution in [2.45, 2.75) is 38.0 Å². The van der Waals surface area contributed by atoms with Gasteiger partial charge >= 0.3 is 0 Å². The zero-order valence-corrected chi connectivity index (χ0v) is 11.0. The minimum atomic E-state index is 0.519. The number of hydrogen-bond acceptors (Lipinski definition) is 4. The number of fused-ring (bicyclic) bond motifs is 1. The van der Waals surface area contributed by atoms with E-state index in [-0.39, 0.29) is 0 Å². The molecule has 0 bridgehead atoms. The molecule has 15 heavy (non-hydrogen) atoms. The summed E-state index contributed by atoms with van der Waals surface area (Å²) >= 11 is 3.78. The first-order valence-electron chi connectivity index (χ1n) is 5.56. The summed E-state index contributed by atoms with van der Waals surface area (Å²) in [6, 6.07) is 0.519. The highest BCUT2D eigenvalue weighted by molar-refractivity contribution is 7.97. The summed E-state index contributed by atoms with van der Waals surface area (Å²) in [5, 5.41) is 4.84. The molecule has 84 valence electrons. The van der Waals surface area contributed by atoms with E-state index in [0.717, 1.165) is 12.3 Å². The van der Waals surface area contributed by atoms with E-state index in [0.29, 0.717) is 6.04 Å². The molecule has 1 atom stereocenters. The number of thiazole rings is 1. The fourth-order valence-corrected chi connectivity index (χ4v) is 3.97. The molecule has 4 heteroatoms. The first kappa shape index (κ1) is 11.4. The van der Waals surface area contributed by atoms with E-state index in [4.69, 9.17) is 4.98 Å². The second-order valence-corrected chi connectivity index (χ2v) is 5.89. The summed E-state index contributed by atoms with van der Waals surface area (Å²) in [5.74, 6) is 1.07. The Morgan fingerprint density at radius 1 is 1.60 bits per heavy atom. The molecule has 0 aliphatic heterocycles. The summed E-state index contributed by atoms with van der Waals surface area (Å²) < 4.78 is 0. The van der Waals surface area contributed by atoms with Gasteiger partial charge in [0.1, 0.15) is 5.01 Å².